The minimum atomic E-state index is -0.377. The van der Waals surface area contributed by atoms with E-state index in [1.807, 2.05) is 18.2 Å². The predicted molar refractivity (Wildman–Crippen MR) is 63.1 cm³/mol. The second-order valence-corrected chi connectivity index (χ2v) is 4.40. The summed E-state index contributed by atoms with van der Waals surface area (Å²) in [6.07, 6.45) is 1.04. The van der Waals surface area contributed by atoms with Crippen LogP contribution in [0.2, 0.25) is 0 Å². The normalized spacial score (nSPS) is 15.4. The van der Waals surface area contributed by atoms with Crippen molar-refractivity contribution in [1.29, 1.82) is 0 Å². The Morgan fingerprint density at radius 3 is 3.12 bits per heavy atom. The molecule has 3 heteroatoms. The topological polar surface area (TPSA) is 17.0 Å². The maximum atomic E-state index is 12.7. The highest BCUT2D eigenvalue weighted by Gasteiger charge is 2.17. The standard InChI is InChI=1S/C13H15FN2/c1-16-12-3-2-9(7-14)6-11(12)10-4-5-15-8-13(10)16/h2-3,6,15H,4-5,7-8H2,1H3. The predicted octanol–water partition coefficient (Wildman–Crippen LogP) is 2.29. The van der Waals surface area contributed by atoms with E-state index in [1.54, 1.807) is 0 Å². The Kier molecular flexibility index (Phi) is 2.21. The lowest BCUT2D eigenvalue weighted by Gasteiger charge is -2.14. The van der Waals surface area contributed by atoms with Gasteiger partial charge in [-0.25, -0.2) is 4.39 Å². The molecule has 1 N–H and O–H groups in total. The van der Waals surface area contributed by atoms with Crippen molar-refractivity contribution in [1.82, 2.24) is 9.88 Å². The quantitative estimate of drug-likeness (QED) is 0.777. The van der Waals surface area contributed by atoms with E-state index in [2.05, 4.69) is 16.9 Å². The number of hydrogen-bond acceptors (Lipinski definition) is 1. The molecule has 2 nitrogen and oxygen atoms in total. The van der Waals surface area contributed by atoms with Gasteiger partial charge in [0.05, 0.1) is 0 Å². The summed E-state index contributed by atoms with van der Waals surface area (Å²) in [4.78, 5) is 0. The second kappa shape index (κ2) is 3.59. The number of aromatic nitrogens is 1. The molecule has 2 aromatic rings. The van der Waals surface area contributed by atoms with Crippen LogP contribution in [-0.2, 0) is 26.7 Å². The molecule has 3 rings (SSSR count). The zero-order chi connectivity index (χ0) is 11.1. The van der Waals surface area contributed by atoms with Gasteiger partial charge in [-0.2, -0.15) is 0 Å². The van der Waals surface area contributed by atoms with Gasteiger partial charge in [-0.1, -0.05) is 6.07 Å². The maximum Gasteiger partial charge on any atom is 0.115 e. The van der Waals surface area contributed by atoms with Crippen molar-refractivity contribution in [3.05, 3.63) is 35.0 Å². The Morgan fingerprint density at radius 1 is 1.44 bits per heavy atom. The van der Waals surface area contributed by atoms with Crippen molar-refractivity contribution in [3.8, 4) is 0 Å². The van der Waals surface area contributed by atoms with Crippen molar-refractivity contribution in [2.45, 2.75) is 19.6 Å². The van der Waals surface area contributed by atoms with Crippen molar-refractivity contribution < 1.29 is 4.39 Å². The number of fused-ring (bicyclic) bond motifs is 3. The Labute approximate surface area is 94.1 Å². The van der Waals surface area contributed by atoms with E-state index in [0.29, 0.717) is 0 Å². The van der Waals surface area contributed by atoms with Gasteiger partial charge in [-0.05, 0) is 36.2 Å². The monoisotopic (exact) mass is 218 g/mol. The van der Waals surface area contributed by atoms with E-state index in [9.17, 15) is 4.39 Å². The molecule has 1 aliphatic heterocycles. The van der Waals surface area contributed by atoms with E-state index >= 15 is 0 Å². The molecule has 1 aromatic carbocycles. The zero-order valence-electron chi connectivity index (χ0n) is 9.39. The summed E-state index contributed by atoms with van der Waals surface area (Å²) in [5, 5.41) is 4.61. The molecular weight excluding hydrogens is 203 g/mol. The molecule has 0 saturated heterocycles. The lowest BCUT2D eigenvalue weighted by atomic mass is 10.0. The summed E-state index contributed by atoms with van der Waals surface area (Å²) in [6, 6.07) is 5.91. The lowest BCUT2D eigenvalue weighted by molar-refractivity contribution is 0.485. The van der Waals surface area contributed by atoms with Gasteiger partial charge in [-0.3, -0.25) is 0 Å². The van der Waals surface area contributed by atoms with Crippen LogP contribution in [0.4, 0.5) is 4.39 Å². The summed E-state index contributed by atoms with van der Waals surface area (Å²) >= 11 is 0. The molecule has 1 aliphatic rings. The van der Waals surface area contributed by atoms with E-state index < -0.39 is 0 Å². The van der Waals surface area contributed by atoms with Crippen molar-refractivity contribution in [3.63, 3.8) is 0 Å². The average molecular weight is 218 g/mol. The van der Waals surface area contributed by atoms with Crippen LogP contribution in [-0.4, -0.2) is 11.1 Å². The van der Waals surface area contributed by atoms with Crippen LogP contribution in [0, 0.1) is 0 Å². The highest BCUT2D eigenvalue weighted by atomic mass is 19.1. The molecule has 16 heavy (non-hydrogen) atoms. The fourth-order valence-corrected chi connectivity index (χ4v) is 2.63. The first-order valence-electron chi connectivity index (χ1n) is 5.67. The lowest BCUT2D eigenvalue weighted by Crippen LogP contribution is -2.24. The molecule has 1 aromatic heterocycles. The van der Waals surface area contributed by atoms with Gasteiger partial charge in [0.25, 0.3) is 0 Å². The van der Waals surface area contributed by atoms with Gasteiger partial charge in [0.1, 0.15) is 6.67 Å². The molecule has 0 radical (unpaired) electrons. The summed E-state index contributed by atoms with van der Waals surface area (Å²) in [5.41, 5.74) is 4.73. The number of alkyl halides is 1. The third-order valence-corrected chi connectivity index (χ3v) is 3.50. The summed E-state index contributed by atoms with van der Waals surface area (Å²) in [5.74, 6) is 0. The number of halogens is 1. The van der Waals surface area contributed by atoms with Gasteiger partial charge >= 0.3 is 0 Å². The number of nitrogens with zero attached hydrogens (tertiary/aromatic N) is 1. The maximum absolute atomic E-state index is 12.7. The first kappa shape index (κ1) is 9.85. The van der Waals surface area contributed by atoms with Crippen molar-refractivity contribution >= 4 is 10.9 Å². The SMILES string of the molecule is Cn1c2c(c3cc(CF)ccc31)CCNC2. The first-order valence-corrected chi connectivity index (χ1v) is 5.67. The molecular formula is C13H15FN2. The zero-order valence-corrected chi connectivity index (χ0v) is 9.39. The number of hydrogen-bond donors (Lipinski definition) is 1. The Bertz CT molecular complexity index is 542. The van der Waals surface area contributed by atoms with E-state index in [4.69, 9.17) is 0 Å². The van der Waals surface area contributed by atoms with Crippen LogP contribution in [0.15, 0.2) is 18.2 Å². The third-order valence-electron chi connectivity index (χ3n) is 3.50. The number of nitrogens with one attached hydrogen (secondary N) is 1. The highest BCUT2D eigenvalue weighted by Crippen LogP contribution is 2.28. The van der Waals surface area contributed by atoms with Gasteiger partial charge in [0.15, 0.2) is 0 Å². The molecule has 0 atom stereocenters. The molecule has 0 spiro atoms. The van der Waals surface area contributed by atoms with Crippen LogP contribution in [0.5, 0.6) is 0 Å². The number of benzene rings is 1. The summed E-state index contributed by atoms with van der Waals surface area (Å²) < 4.78 is 14.9. The van der Waals surface area contributed by atoms with Crippen molar-refractivity contribution in [2.75, 3.05) is 6.54 Å². The minimum Gasteiger partial charge on any atom is -0.346 e. The molecule has 84 valence electrons. The molecule has 0 amide bonds. The minimum absolute atomic E-state index is 0.377. The smallest absolute Gasteiger partial charge is 0.115 e. The van der Waals surface area contributed by atoms with Crippen LogP contribution in [0.1, 0.15) is 16.8 Å². The highest BCUT2D eigenvalue weighted by molar-refractivity contribution is 5.86. The van der Waals surface area contributed by atoms with E-state index in [-0.39, 0.29) is 6.67 Å². The largest absolute Gasteiger partial charge is 0.346 e. The average Bonchev–Trinajstić information content (AvgIpc) is 2.64. The first-order chi connectivity index (χ1) is 7.81. The Morgan fingerprint density at radius 2 is 2.31 bits per heavy atom. The second-order valence-electron chi connectivity index (χ2n) is 4.40. The molecule has 0 aliphatic carbocycles. The Hall–Kier alpha value is -1.35. The van der Waals surface area contributed by atoms with Gasteiger partial charge in [0, 0.05) is 30.2 Å². The van der Waals surface area contributed by atoms with Crippen molar-refractivity contribution in [2.24, 2.45) is 7.05 Å². The number of rotatable bonds is 1. The van der Waals surface area contributed by atoms with Gasteiger partial charge in [-0.15, -0.1) is 0 Å². The van der Waals surface area contributed by atoms with E-state index in [0.717, 1.165) is 25.1 Å². The van der Waals surface area contributed by atoms with Crippen LogP contribution in [0.25, 0.3) is 10.9 Å². The molecule has 0 unspecified atom stereocenters. The molecule has 0 saturated carbocycles. The fraction of sp³-hybridized carbons (Fsp3) is 0.385. The van der Waals surface area contributed by atoms with E-state index in [1.165, 1.54) is 22.2 Å². The van der Waals surface area contributed by atoms with Gasteiger partial charge < -0.3 is 9.88 Å². The number of aryl methyl sites for hydroxylation is 1. The fourth-order valence-electron chi connectivity index (χ4n) is 2.63. The molecule has 2 heterocycles. The third kappa shape index (κ3) is 1.28. The van der Waals surface area contributed by atoms with Crippen LogP contribution >= 0.6 is 0 Å². The van der Waals surface area contributed by atoms with Crippen LogP contribution < -0.4 is 5.32 Å². The Balaban J connectivity index is 2.31. The van der Waals surface area contributed by atoms with Gasteiger partial charge in [0.2, 0.25) is 0 Å². The summed E-state index contributed by atoms with van der Waals surface area (Å²) in [6.45, 7) is 1.56. The molecule has 0 fully saturated rings. The summed E-state index contributed by atoms with van der Waals surface area (Å²) in [7, 11) is 2.09. The molecule has 0 bridgehead atoms. The van der Waals surface area contributed by atoms with Crippen LogP contribution in [0.3, 0.4) is 0 Å².